The highest BCUT2D eigenvalue weighted by atomic mass is 31.2. The molecular weight excluding hydrogens is 491 g/mol. The van der Waals surface area contributed by atoms with Crippen molar-refractivity contribution >= 4 is 25.7 Å². The topological polar surface area (TPSA) is 146 Å². The van der Waals surface area contributed by atoms with Crippen LogP contribution >= 0.6 is 7.60 Å². The Kier molecular flexibility index (Phi) is 9.15. The van der Waals surface area contributed by atoms with Gasteiger partial charge in [-0.3, -0.25) is 19.7 Å². The van der Waals surface area contributed by atoms with Gasteiger partial charge in [-0.2, -0.15) is 0 Å². The van der Waals surface area contributed by atoms with Gasteiger partial charge in [-0.25, -0.2) is 14.4 Å². The maximum absolute atomic E-state index is 13.6. The van der Waals surface area contributed by atoms with Gasteiger partial charge in [0.2, 0.25) is 6.41 Å². The average Bonchev–Trinajstić information content (AvgIpc) is 2.87. The Balaban J connectivity index is 1.72. The fourth-order valence-corrected chi connectivity index (χ4v) is 4.76. The van der Waals surface area contributed by atoms with Gasteiger partial charge in [-0.1, -0.05) is 36.4 Å². The predicted octanol–water partition coefficient (Wildman–Crippen LogP) is 4.68. The third-order valence-corrected chi connectivity index (χ3v) is 6.66. The molecule has 0 spiro atoms. The number of nitrogens with zero attached hydrogens (tertiary/aromatic N) is 2. The van der Waals surface area contributed by atoms with Crippen LogP contribution in [-0.2, 0) is 25.6 Å². The van der Waals surface area contributed by atoms with E-state index in [9.17, 15) is 29.4 Å². The lowest BCUT2D eigenvalue weighted by Gasteiger charge is -2.26. The number of non-ortho nitro benzene ring substituents is 1. The first kappa shape index (κ1) is 26.4. The van der Waals surface area contributed by atoms with Crippen LogP contribution in [0, 0.1) is 10.1 Å². The third kappa shape index (κ3) is 7.66. The van der Waals surface area contributed by atoms with Gasteiger partial charge < -0.3 is 14.2 Å². The number of carbonyl (C=O) groups excluding carboxylic acids is 1. The van der Waals surface area contributed by atoms with Gasteiger partial charge >= 0.3 is 13.6 Å². The summed E-state index contributed by atoms with van der Waals surface area (Å²) in [5, 5.41) is 21.1. The number of para-hydroxylation sites is 2. The fraction of sp³-hybridized carbons (Fsp3) is 0.167. The second-order valence-corrected chi connectivity index (χ2v) is 9.48. The summed E-state index contributed by atoms with van der Waals surface area (Å²) in [4.78, 5) is 39.1. The summed E-state index contributed by atoms with van der Waals surface area (Å²) in [6.45, 7) is -0.223. The monoisotopic (exact) mass is 514 g/mol. The van der Waals surface area contributed by atoms with E-state index in [4.69, 9.17) is 13.9 Å². The predicted molar refractivity (Wildman–Crippen MR) is 128 cm³/mol. The van der Waals surface area contributed by atoms with Crippen molar-refractivity contribution in [2.45, 2.75) is 19.1 Å². The van der Waals surface area contributed by atoms with E-state index >= 15 is 0 Å². The van der Waals surface area contributed by atoms with Crippen LogP contribution in [0.3, 0.4) is 0 Å². The minimum absolute atomic E-state index is 0.123. The van der Waals surface area contributed by atoms with Crippen LogP contribution < -0.4 is 9.05 Å². The molecule has 0 aliphatic rings. The standard InChI is InChI=1S/C24H23N2O9P/c27-18-25(33-17-19-11-13-20(14-12-19)26(30)31)23(24(28)29)15-16-36(32,34-21-7-3-1-4-8-21)35-22-9-5-2-6-10-22/h1-14,18,23H,15-17H2,(H,28,29). The van der Waals surface area contributed by atoms with E-state index < -0.39 is 24.5 Å². The highest BCUT2D eigenvalue weighted by Crippen LogP contribution is 2.49. The van der Waals surface area contributed by atoms with Crippen molar-refractivity contribution in [3.8, 4) is 11.5 Å². The molecule has 3 rings (SSSR count). The first-order chi connectivity index (χ1) is 17.3. The molecule has 1 N–H and O–H groups in total. The fourth-order valence-electron chi connectivity index (χ4n) is 3.09. The number of aliphatic carboxylic acids is 1. The second-order valence-electron chi connectivity index (χ2n) is 7.45. The van der Waals surface area contributed by atoms with E-state index in [-0.39, 0.29) is 42.8 Å². The van der Waals surface area contributed by atoms with Crippen molar-refractivity contribution in [2.75, 3.05) is 6.16 Å². The number of hydrogen-bond donors (Lipinski definition) is 1. The van der Waals surface area contributed by atoms with Crippen LogP contribution in [0.4, 0.5) is 5.69 Å². The lowest BCUT2D eigenvalue weighted by molar-refractivity contribution is -0.384. The molecule has 0 bridgehead atoms. The minimum Gasteiger partial charge on any atom is -0.480 e. The zero-order valence-electron chi connectivity index (χ0n) is 18.9. The molecule has 0 saturated carbocycles. The van der Waals surface area contributed by atoms with E-state index in [1.807, 2.05) is 0 Å². The molecule has 0 aromatic heterocycles. The normalized spacial score (nSPS) is 11.8. The lowest BCUT2D eigenvalue weighted by Crippen LogP contribution is -2.41. The Hall–Kier alpha value is -4.21. The van der Waals surface area contributed by atoms with Crippen LogP contribution in [0.25, 0.3) is 0 Å². The van der Waals surface area contributed by atoms with E-state index in [1.54, 1.807) is 60.7 Å². The highest BCUT2D eigenvalue weighted by molar-refractivity contribution is 7.54. The smallest absolute Gasteiger partial charge is 0.430 e. The number of benzene rings is 3. The molecule has 12 heteroatoms. The molecule has 0 heterocycles. The highest BCUT2D eigenvalue weighted by Gasteiger charge is 2.34. The van der Waals surface area contributed by atoms with Gasteiger partial charge in [-0.15, -0.1) is 0 Å². The summed E-state index contributed by atoms with van der Waals surface area (Å²) < 4.78 is 24.9. The summed E-state index contributed by atoms with van der Waals surface area (Å²) in [5.74, 6) is -0.854. The molecule has 11 nitrogen and oxygen atoms in total. The van der Waals surface area contributed by atoms with Crippen LogP contribution in [0.2, 0.25) is 0 Å². The number of nitro benzene ring substituents is 1. The van der Waals surface area contributed by atoms with E-state index in [1.165, 1.54) is 24.3 Å². The summed E-state index contributed by atoms with van der Waals surface area (Å²) in [7, 11) is -3.92. The van der Waals surface area contributed by atoms with Gasteiger partial charge in [-0.05, 0) is 48.4 Å². The molecular formula is C24H23N2O9P. The number of hydroxylamine groups is 2. The zero-order chi connectivity index (χ0) is 26.0. The van der Waals surface area contributed by atoms with Gasteiger partial charge in [0.1, 0.15) is 18.1 Å². The number of carbonyl (C=O) groups is 2. The number of rotatable bonds is 14. The van der Waals surface area contributed by atoms with Gasteiger partial charge in [0.05, 0.1) is 11.1 Å². The molecule has 0 fully saturated rings. The van der Waals surface area contributed by atoms with E-state index in [0.717, 1.165) is 0 Å². The van der Waals surface area contributed by atoms with Crippen molar-refractivity contribution < 1.29 is 38.1 Å². The number of carboxylic acid groups (broad SMARTS) is 1. The van der Waals surface area contributed by atoms with Crippen LogP contribution in [0.1, 0.15) is 12.0 Å². The Morgan fingerprint density at radius 3 is 1.94 bits per heavy atom. The van der Waals surface area contributed by atoms with E-state index in [0.29, 0.717) is 10.6 Å². The molecule has 188 valence electrons. The molecule has 1 atom stereocenters. The maximum atomic E-state index is 13.6. The molecule has 36 heavy (non-hydrogen) atoms. The summed E-state index contributed by atoms with van der Waals surface area (Å²) in [6.07, 6.45) is -0.463. The number of amides is 1. The van der Waals surface area contributed by atoms with Crippen LogP contribution in [0.5, 0.6) is 11.5 Å². The first-order valence-corrected chi connectivity index (χ1v) is 12.4. The quantitative estimate of drug-likeness (QED) is 0.140. The van der Waals surface area contributed by atoms with Crippen molar-refractivity contribution in [1.29, 1.82) is 0 Å². The maximum Gasteiger partial charge on any atom is 0.430 e. The molecule has 0 saturated heterocycles. The average molecular weight is 514 g/mol. The molecule has 0 radical (unpaired) electrons. The Bertz CT molecular complexity index is 1160. The van der Waals surface area contributed by atoms with Crippen molar-refractivity contribution in [1.82, 2.24) is 5.06 Å². The molecule has 3 aromatic rings. The largest absolute Gasteiger partial charge is 0.480 e. The molecule has 0 aliphatic carbocycles. The lowest BCUT2D eigenvalue weighted by atomic mass is 10.2. The van der Waals surface area contributed by atoms with Gasteiger partial charge in [0.15, 0.2) is 6.04 Å². The third-order valence-electron chi connectivity index (χ3n) is 4.88. The van der Waals surface area contributed by atoms with Gasteiger partial charge in [0.25, 0.3) is 5.69 Å². The number of nitro groups is 1. The van der Waals surface area contributed by atoms with Gasteiger partial charge in [0, 0.05) is 12.1 Å². The number of hydrogen-bond acceptors (Lipinski definition) is 8. The van der Waals surface area contributed by atoms with Crippen LogP contribution in [0.15, 0.2) is 84.9 Å². The second kappa shape index (κ2) is 12.5. The van der Waals surface area contributed by atoms with E-state index in [2.05, 4.69) is 0 Å². The summed E-state index contributed by atoms with van der Waals surface area (Å²) in [6, 6.07) is 20.4. The molecule has 1 amide bonds. The summed E-state index contributed by atoms with van der Waals surface area (Å²) in [5.41, 5.74) is 0.351. The number of carboxylic acids is 1. The zero-order valence-corrected chi connectivity index (χ0v) is 19.8. The van der Waals surface area contributed by atoms with Crippen molar-refractivity contribution in [3.63, 3.8) is 0 Å². The Morgan fingerprint density at radius 2 is 1.50 bits per heavy atom. The molecule has 3 aromatic carbocycles. The Labute approximate surface area is 206 Å². The SMILES string of the molecule is O=CN(OCc1ccc([N+](=O)[O-])cc1)C(CCP(=O)(Oc1ccccc1)Oc1ccccc1)C(=O)O. The van der Waals surface area contributed by atoms with Crippen molar-refractivity contribution in [3.05, 3.63) is 101 Å². The molecule has 0 aliphatic heterocycles. The van der Waals surface area contributed by atoms with Crippen molar-refractivity contribution in [2.24, 2.45) is 0 Å². The molecule has 1 unspecified atom stereocenters. The minimum atomic E-state index is -3.92. The first-order valence-electron chi connectivity index (χ1n) is 10.7. The van der Waals surface area contributed by atoms with Crippen LogP contribution in [-0.4, -0.2) is 39.7 Å². The summed E-state index contributed by atoms with van der Waals surface area (Å²) >= 11 is 0. The Morgan fingerprint density at radius 1 is 0.972 bits per heavy atom.